The van der Waals surface area contributed by atoms with E-state index in [9.17, 15) is 0 Å². The molecule has 1 rings (SSSR count). The van der Waals surface area contributed by atoms with E-state index < -0.39 is 12.3 Å². The van der Waals surface area contributed by atoms with E-state index in [0.29, 0.717) is 6.61 Å². The van der Waals surface area contributed by atoms with Gasteiger partial charge in [0.1, 0.15) is 0 Å². The molecule has 0 amide bonds. The van der Waals surface area contributed by atoms with Gasteiger partial charge in [0.2, 0.25) is 0 Å². The van der Waals surface area contributed by atoms with Gasteiger partial charge in [-0.3, -0.25) is 0 Å². The number of aliphatic hydroxyl groups excluding tert-OH is 1. The lowest BCUT2D eigenvalue weighted by molar-refractivity contribution is -0.178. The molecule has 0 radical (unpaired) electrons. The first-order valence-corrected chi connectivity index (χ1v) is 3.50. The van der Waals surface area contributed by atoms with E-state index in [1.54, 1.807) is 0 Å². The van der Waals surface area contributed by atoms with Crippen LogP contribution in [0.15, 0.2) is 0 Å². The summed E-state index contributed by atoms with van der Waals surface area (Å²) in [6.07, 6.45) is -1.18. The highest BCUT2D eigenvalue weighted by atomic mass is 16.6. The molecule has 1 aliphatic rings. The molecule has 0 aromatic rings. The second-order valence-electron chi connectivity index (χ2n) is 2.65. The Hall–Kier alpha value is -0.200. The summed E-state index contributed by atoms with van der Waals surface area (Å²) >= 11 is 0. The van der Waals surface area contributed by atoms with Crippen molar-refractivity contribution in [1.82, 2.24) is 0 Å². The van der Waals surface area contributed by atoms with Crippen LogP contribution in [0.3, 0.4) is 0 Å². The summed E-state index contributed by atoms with van der Waals surface area (Å²) in [5.74, 6) is 0. The van der Waals surface area contributed by atoms with Crippen molar-refractivity contribution < 1.29 is 14.6 Å². The van der Waals surface area contributed by atoms with Crippen molar-refractivity contribution in [3.63, 3.8) is 0 Å². The van der Waals surface area contributed by atoms with Crippen LogP contribution in [-0.4, -0.2) is 43.3 Å². The molecule has 1 aliphatic heterocycles. The number of rotatable bonds is 1. The van der Waals surface area contributed by atoms with Crippen molar-refractivity contribution in [3.8, 4) is 0 Å². The van der Waals surface area contributed by atoms with Crippen LogP contribution in [0.1, 0.15) is 0 Å². The van der Waals surface area contributed by atoms with Crippen LogP contribution in [0.25, 0.3) is 0 Å². The summed E-state index contributed by atoms with van der Waals surface area (Å²) in [6, 6.07) is -0.919. The predicted molar refractivity (Wildman–Crippen MR) is 38.7 cm³/mol. The molecule has 5 heteroatoms. The molecule has 0 unspecified atom stereocenters. The lowest BCUT2D eigenvalue weighted by atomic mass is 10.0. The first kappa shape index (κ1) is 8.89. The zero-order chi connectivity index (χ0) is 8.43. The normalized spacial score (nSPS) is 45.8. The fraction of sp³-hybridized carbons (Fsp3) is 1.00. The highest BCUT2D eigenvalue weighted by Crippen LogP contribution is 2.11. The van der Waals surface area contributed by atoms with E-state index >= 15 is 0 Å². The van der Waals surface area contributed by atoms with E-state index in [0.717, 1.165) is 0 Å². The summed E-state index contributed by atoms with van der Waals surface area (Å²) in [5.41, 5.74) is 11.1. The van der Waals surface area contributed by atoms with Gasteiger partial charge in [0.05, 0.1) is 24.8 Å². The molecule has 66 valence electrons. The van der Waals surface area contributed by atoms with Crippen molar-refractivity contribution in [2.24, 2.45) is 11.5 Å². The van der Waals surface area contributed by atoms with Crippen LogP contribution in [0, 0.1) is 0 Å². The van der Waals surface area contributed by atoms with Crippen molar-refractivity contribution in [2.75, 3.05) is 13.7 Å². The molecular weight excluding hydrogens is 148 g/mol. The zero-order valence-electron chi connectivity index (χ0n) is 6.43. The van der Waals surface area contributed by atoms with Gasteiger partial charge in [-0.2, -0.15) is 0 Å². The molecule has 0 bridgehead atoms. The number of nitrogens with two attached hydrogens (primary N) is 2. The maximum atomic E-state index is 9.08. The van der Waals surface area contributed by atoms with Crippen LogP contribution in [-0.2, 0) is 9.47 Å². The van der Waals surface area contributed by atoms with Gasteiger partial charge in [0.25, 0.3) is 0 Å². The predicted octanol–water partition coefficient (Wildman–Crippen LogP) is -2.00. The minimum absolute atomic E-state index is 0.214. The standard InChI is InChI=1S/C6H14N2O3/c1-10-3-2-11-6(9)5(8)4(3)7/h3-6,9H,2,7-8H2,1H3/t3-,4+,5-,6+/m1/s1. The van der Waals surface area contributed by atoms with Gasteiger partial charge in [0, 0.05) is 7.11 Å². The molecule has 0 aliphatic carbocycles. The molecule has 0 aromatic carbocycles. The lowest BCUT2D eigenvalue weighted by Crippen LogP contribution is -2.61. The molecule has 0 saturated carbocycles. The smallest absolute Gasteiger partial charge is 0.171 e. The Kier molecular flexibility index (Phi) is 2.80. The van der Waals surface area contributed by atoms with E-state index in [-0.39, 0.29) is 12.1 Å². The third-order valence-electron chi connectivity index (χ3n) is 1.94. The molecule has 11 heavy (non-hydrogen) atoms. The Morgan fingerprint density at radius 3 is 2.64 bits per heavy atom. The summed E-state index contributed by atoms with van der Waals surface area (Å²) in [5, 5.41) is 9.08. The maximum Gasteiger partial charge on any atom is 0.171 e. The van der Waals surface area contributed by atoms with E-state index in [4.69, 9.17) is 26.0 Å². The Bertz CT molecular complexity index is 131. The van der Waals surface area contributed by atoms with Crippen LogP contribution in [0.2, 0.25) is 0 Å². The number of ether oxygens (including phenoxy) is 2. The number of hydrogen-bond donors (Lipinski definition) is 3. The van der Waals surface area contributed by atoms with Gasteiger partial charge in [0.15, 0.2) is 6.29 Å². The average molecular weight is 162 g/mol. The van der Waals surface area contributed by atoms with Gasteiger partial charge in [-0.1, -0.05) is 0 Å². The Balaban J connectivity index is 2.52. The first-order valence-electron chi connectivity index (χ1n) is 3.50. The SMILES string of the molecule is CO[C@@H]1CO[C@H](O)[C@H](N)[C@H]1N. The summed E-state index contributed by atoms with van der Waals surface area (Å²) in [4.78, 5) is 0. The van der Waals surface area contributed by atoms with Crippen LogP contribution < -0.4 is 11.5 Å². The molecular formula is C6H14N2O3. The fourth-order valence-electron chi connectivity index (χ4n) is 1.08. The van der Waals surface area contributed by atoms with Crippen molar-refractivity contribution in [1.29, 1.82) is 0 Å². The minimum Gasteiger partial charge on any atom is -0.377 e. The van der Waals surface area contributed by atoms with E-state index in [1.807, 2.05) is 0 Å². The maximum absolute atomic E-state index is 9.08. The molecule has 0 spiro atoms. The van der Waals surface area contributed by atoms with Gasteiger partial charge < -0.3 is 26.0 Å². The van der Waals surface area contributed by atoms with Crippen molar-refractivity contribution >= 4 is 0 Å². The highest BCUT2D eigenvalue weighted by Gasteiger charge is 2.34. The Morgan fingerprint density at radius 2 is 2.09 bits per heavy atom. The molecule has 1 saturated heterocycles. The summed E-state index contributed by atoms with van der Waals surface area (Å²) in [7, 11) is 1.54. The molecule has 5 N–H and O–H groups in total. The minimum atomic E-state index is -0.962. The molecule has 1 fully saturated rings. The highest BCUT2D eigenvalue weighted by molar-refractivity contribution is 4.89. The van der Waals surface area contributed by atoms with Crippen LogP contribution in [0.4, 0.5) is 0 Å². The molecule has 0 aromatic heterocycles. The van der Waals surface area contributed by atoms with Gasteiger partial charge in [-0.25, -0.2) is 0 Å². The topological polar surface area (TPSA) is 90.7 Å². The van der Waals surface area contributed by atoms with Gasteiger partial charge in [-0.15, -0.1) is 0 Å². The van der Waals surface area contributed by atoms with Gasteiger partial charge >= 0.3 is 0 Å². The molecule has 4 atom stereocenters. The van der Waals surface area contributed by atoms with Gasteiger partial charge in [-0.05, 0) is 0 Å². The van der Waals surface area contributed by atoms with Crippen LogP contribution in [0.5, 0.6) is 0 Å². The molecule has 1 heterocycles. The Labute approximate surface area is 65.3 Å². The third kappa shape index (κ3) is 1.69. The largest absolute Gasteiger partial charge is 0.377 e. The summed E-state index contributed by atoms with van der Waals surface area (Å²) < 4.78 is 9.87. The van der Waals surface area contributed by atoms with Crippen molar-refractivity contribution in [3.05, 3.63) is 0 Å². The van der Waals surface area contributed by atoms with Crippen LogP contribution >= 0.6 is 0 Å². The third-order valence-corrected chi connectivity index (χ3v) is 1.94. The zero-order valence-corrected chi connectivity index (χ0v) is 6.43. The number of methoxy groups -OCH3 is 1. The first-order chi connectivity index (χ1) is 5.16. The van der Waals surface area contributed by atoms with Crippen molar-refractivity contribution in [2.45, 2.75) is 24.5 Å². The quantitative estimate of drug-likeness (QED) is 0.415. The Morgan fingerprint density at radius 1 is 1.45 bits per heavy atom. The second kappa shape index (κ2) is 3.46. The summed E-state index contributed by atoms with van der Waals surface area (Å²) in [6.45, 7) is 0.298. The monoisotopic (exact) mass is 162 g/mol. The average Bonchev–Trinajstić information content (AvgIpc) is 2.01. The van der Waals surface area contributed by atoms with E-state index in [2.05, 4.69) is 0 Å². The lowest BCUT2D eigenvalue weighted by Gasteiger charge is -2.35. The number of aliphatic hydroxyl groups is 1. The number of hydrogen-bond acceptors (Lipinski definition) is 5. The second-order valence-corrected chi connectivity index (χ2v) is 2.65. The fourth-order valence-corrected chi connectivity index (χ4v) is 1.08. The molecule has 5 nitrogen and oxygen atoms in total. The van der Waals surface area contributed by atoms with E-state index in [1.165, 1.54) is 7.11 Å².